The number of likely N-dealkylation sites (N-methyl/N-ethyl adjacent to an activating group) is 1. The summed E-state index contributed by atoms with van der Waals surface area (Å²) in [4.78, 5) is 27.5. The van der Waals surface area contributed by atoms with Gasteiger partial charge >= 0.3 is 0 Å². The van der Waals surface area contributed by atoms with Crippen molar-refractivity contribution in [2.45, 2.75) is 39.8 Å². The zero-order valence-corrected chi connectivity index (χ0v) is 20.9. The molecule has 9 heteroatoms. The van der Waals surface area contributed by atoms with Crippen molar-refractivity contribution in [3.63, 3.8) is 0 Å². The van der Waals surface area contributed by atoms with Gasteiger partial charge in [-0.15, -0.1) is 0 Å². The molecule has 180 valence electrons. The number of amides is 2. The van der Waals surface area contributed by atoms with Crippen LogP contribution in [0, 0.1) is 13.8 Å². The number of anilines is 1. The summed E-state index contributed by atoms with van der Waals surface area (Å²) in [6, 6.07) is 11.8. The molecule has 2 rings (SSSR count). The Morgan fingerprint density at radius 1 is 1.06 bits per heavy atom. The first kappa shape index (κ1) is 26.2. The highest BCUT2D eigenvalue weighted by Gasteiger charge is 2.31. The number of carbonyl (C=O) groups is 2. The maximum atomic E-state index is 13.5. The van der Waals surface area contributed by atoms with Gasteiger partial charge in [-0.2, -0.15) is 0 Å². The van der Waals surface area contributed by atoms with Crippen LogP contribution >= 0.6 is 0 Å². The molecular formula is C24H33N3O5S. The second kappa shape index (κ2) is 11.2. The van der Waals surface area contributed by atoms with Gasteiger partial charge in [-0.25, -0.2) is 8.42 Å². The van der Waals surface area contributed by atoms with Crippen molar-refractivity contribution in [3.8, 4) is 5.75 Å². The van der Waals surface area contributed by atoms with Crippen LogP contribution in [0.15, 0.2) is 42.5 Å². The molecule has 8 nitrogen and oxygen atoms in total. The monoisotopic (exact) mass is 475 g/mol. The van der Waals surface area contributed by atoms with Crippen LogP contribution in [0.25, 0.3) is 0 Å². The first-order valence-electron chi connectivity index (χ1n) is 10.7. The molecule has 0 saturated heterocycles. The fourth-order valence-corrected chi connectivity index (χ4v) is 4.56. The predicted molar refractivity (Wildman–Crippen MR) is 130 cm³/mol. The fourth-order valence-electron chi connectivity index (χ4n) is 3.72. The third kappa shape index (κ3) is 6.95. The quantitative estimate of drug-likeness (QED) is 0.570. The molecule has 0 spiro atoms. The summed E-state index contributed by atoms with van der Waals surface area (Å²) in [7, 11) is -0.672. The number of aryl methyl sites for hydroxylation is 2. The third-order valence-electron chi connectivity index (χ3n) is 5.32. The zero-order valence-electron chi connectivity index (χ0n) is 20.1. The van der Waals surface area contributed by atoms with Crippen molar-refractivity contribution < 1.29 is 22.7 Å². The number of rotatable bonds is 10. The van der Waals surface area contributed by atoms with Gasteiger partial charge in [0.15, 0.2) is 0 Å². The molecule has 2 aromatic carbocycles. The predicted octanol–water partition coefficient (Wildman–Crippen LogP) is 2.63. The normalized spacial score (nSPS) is 12.1. The summed E-state index contributed by atoms with van der Waals surface area (Å²) < 4.78 is 31.5. The smallest absolute Gasteiger partial charge is 0.244 e. The number of methoxy groups -OCH3 is 1. The molecule has 0 aromatic heterocycles. The number of benzene rings is 2. The van der Waals surface area contributed by atoms with Gasteiger partial charge in [-0.3, -0.25) is 13.9 Å². The van der Waals surface area contributed by atoms with Gasteiger partial charge in [-0.1, -0.05) is 25.1 Å². The SMILES string of the molecule is CC[C@@H](C(=O)NC)N(Cc1ccc(OC)cc1)C(=O)CN(c1cc(C)cc(C)c1)S(C)(=O)=O. The van der Waals surface area contributed by atoms with Crippen LogP contribution in [0.5, 0.6) is 5.75 Å². The molecule has 0 saturated carbocycles. The highest BCUT2D eigenvalue weighted by Crippen LogP contribution is 2.23. The maximum Gasteiger partial charge on any atom is 0.244 e. The van der Waals surface area contributed by atoms with E-state index < -0.39 is 28.5 Å². The van der Waals surface area contributed by atoms with Crippen molar-refractivity contribution in [2.24, 2.45) is 0 Å². The van der Waals surface area contributed by atoms with Crippen molar-refractivity contribution in [1.29, 1.82) is 0 Å². The lowest BCUT2D eigenvalue weighted by Gasteiger charge is -2.32. The first-order chi connectivity index (χ1) is 15.5. The van der Waals surface area contributed by atoms with Crippen molar-refractivity contribution in [3.05, 3.63) is 59.2 Å². The van der Waals surface area contributed by atoms with Crippen molar-refractivity contribution in [2.75, 3.05) is 31.3 Å². The molecule has 0 aliphatic carbocycles. The van der Waals surface area contributed by atoms with E-state index in [0.29, 0.717) is 17.9 Å². The minimum Gasteiger partial charge on any atom is -0.497 e. The standard InChI is InChI=1S/C24H33N3O5S/c1-7-22(24(29)25-4)26(15-19-8-10-21(32-5)11-9-19)23(28)16-27(33(6,30)31)20-13-17(2)12-18(3)14-20/h8-14,22H,7,15-16H2,1-6H3,(H,25,29)/t22-/m0/s1. The van der Waals surface area contributed by atoms with E-state index in [-0.39, 0.29) is 12.5 Å². The highest BCUT2D eigenvalue weighted by atomic mass is 32.2. The molecule has 33 heavy (non-hydrogen) atoms. The van der Waals surface area contributed by atoms with E-state index in [2.05, 4.69) is 5.32 Å². The van der Waals surface area contributed by atoms with Gasteiger partial charge in [-0.05, 0) is 61.2 Å². The molecular weight excluding hydrogens is 442 g/mol. The summed E-state index contributed by atoms with van der Waals surface area (Å²) >= 11 is 0. The van der Waals surface area contributed by atoms with Gasteiger partial charge < -0.3 is 15.0 Å². The molecule has 0 fully saturated rings. The Morgan fingerprint density at radius 3 is 2.09 bits per heavy atom. The number of hydrogen-bond donors (Lipinski definition) is 1. The van der Waals surface area contributed by atoms with Gasteiger partial charge in [0.05, 0.1) is 19.1 Å². The zero-order chi connectivity index (χ0) is 24.8. The Labute approximate surface area is 196 Å². The minimum atomic E-state index is -3.75. The van der Waals surface area contributed by atoms with E-state index >= 15 is 0 Å². The van der Waals surface area contributed by atoms with Crippen LogP contribution < -0.4 is 14.4 Å². The lowest BCUT2D eigenvalue weighted by Crippen LogP contribution is -2.51. The van der Waals surface area contributed by atoms with E-state index in [1.807, 2.05) is 39.0 Å². The Balaban J connectivity index is 2.44. The molecule has 0 heterocycles. The summed E-state index contributed by atoms with van der Waals surface area (Å²) in [5, 5.41) is 2.60. The molecule has 0 aliphatic heterocycles. The average Bonchev–Trinajstić information content (AvgIpc) is 2.75. The van der Waals surface area contributed by atoms with E-state index in [9.17, 15) is 18.0 Å². The molecule has 2 aromatic rings. The second-order valence-electron chi connectivity index (χ2n) is 8.02. The van der Waals surface area contributed by atoms with Gasteiger partial charge in [0.2, 0.25) is 21.8 Å². The minimum absolute atomic E-state index is 0.152. The lowest BCUT2D eigenvalue weighted by atomic mass is 10.1. The van der Waals surface area contributed by atoms with E-state index in [1.165, 1.54) is 11.9 Å². The Hall–Kier alpha value is -3.07. The van der Waals surface area contributed by atoms with Crippen LogP contribution in [0.4, 0.5) is 5.69 Å². The molecule has 0 aliphatic rings. The number of nitrogens with zero attached hydrogens (tertiary/aromatic N) is 2. The van der Waals surface area contributed by atoms with Crippen LogP contribution in [0.1, 0.15) is 30.0 Å². The molecule has 2 amide bonds. The molecule has 0 unspecified atom stereocenters. The fraction of sp³-hybridized carbons (Fsp3) is 0.417. The van der Waals surface area contributed by atoms with Crippen molar-refractivity contribution in [1.82, 2.24) is 10.2 Å². The second-order valence-corrected chi connectivity index (χ2v) is 9.93. The van der Waals surface area contributed by atoms with Gasteiger partial charge in [0.1, 0.15) is 18.3 Å². The third-order valence-corrected chi connectivity index (χ3v) is 6.46. The summed E-state index contributed by atoms with van der Waals surface area (Å²) in [5.74, 6) is -0.101. The van der Waals surface area contributed by atoms with Crippen LogP contribution in [-0.2, 0) is 26.2 Å². The first-order valence-corrected chi connectivity index (χ1v) is 12.5. The van der Waals surface area contributed by atoms with Crippen LogP contribution in [-0.4, -0.2) is 58.1 Å². The summed E-state index contributed by atoms with van der Waals surface area (Å²) in [6.07, 6.45) is 1.45. The van der Waals surface area contributed by atoms with E-state index in [4.69, 9.17) is 4.74 Å². The summed E-state index contributed by atoms with van der Waals surface area (Å²) in [6.45, 7) is 5.29. The summed E-state index contributed by atoms with van der Waals surface area (Å²) in [5.41, 5.74) is 2.99. The average molecular weight is 476 g/mol. The van der Waals surface area contributed by atoms with Gasteiger partial charge in [0, 0.05) is 13.6 Å². The highest BCUT2D eigenvalue weighted by molar-refractivity contribution is 7.92. The molecule has 1 atom stereocenters. The Kier molecular flexibility index (Phi) is 8.87. The van der Waals surface area contributed by atoms with Crippen molar-refractivity contribution >= 4 is 27.5 Å². The lowest BCUT2D eigenvalue weighted by molar-refractivity contribution is -0.140. The Morgan fingerprint density at radius 2 is 1.64 bits per heavy atom. The molecule has 0 bridgehead atoms. The topological polar surface area (TPSA) is 96.0 Å². The van der Waals surface area contributed by atoms with Gasteiger partial charge in [0.25, 0.3) is 0 Å². The molecule has 1 N–H and O–H groups in total. The van der Waals surface area contributed by atoms with E-state index in [0.717, 1.165) is 27.3 Å². The number of ether oxygens (including phenoxy) is 1. The number of sulfonamides is 1. The van der Waals surface area contributed by atoms with Crippen LogP contribution in [0.3, 0.4) is 0 Å². The largest absolute Gasteiger partial charge is 0.497 e. The van der Waals surface area contributed by atoms with E-state index in [1.54, 1.807) is 31.4 Å². The Bertz CT molecular complexity index is 1060. The number of nitrogens with one attached hydrogen (secondary N) is 1. The number of hydrogen-bond acceptors (Lipinski definition) is 5. The number of carbonyl (C=O) groups excluding carboxylic acids is 2. The molecule has 0 radical (unpaired) electrons. The van der Waals surface area contributed by atoms with Crippen LogP contribution in [0.2, 0.25) is 0 Å². The maximum absolute atomic E-state index is 13.5.